The van der Waals surface area contributed by atoms with E-state index in [1.54, 1.807) is 0 Å². The molecule has 4 nitrogen and oxygen atoms in total. The summed E-state index contributed by atoms with van der Waals surface area (Å²) in [4.78, 5) is 9.78. The normalized spacial score (nSPS) is 11.8. The van der Waals surface area contributed by atoms with Gasteiger partial charge >= 0.3 is 0 Å². The number of hydrogen-bond donors (Lipinski definition) is 0. The summed E-state index contributed by atoms with van der Waals surface area (Å²) in [5, 5.41) is 0. The molecule has 3 aromatic rings. The van der Waals surface area contributed by atoms with Crippen LogP contribution >= 0.6 is 0 Å². The first-order valence-corrected chi connectivity index (χ1v) is 15.3. The van der Waals surface area contributed by atoms with E-state index in [-0.39, 0.29) is 0 Å². The van der Waals surface area contributed by atoms with Crippen LogP contribution in [0.2, 0.25) is 0 Å². The first kappa shape index (κ1) is 31.4. The van der Waals surface area contributed by atoms with Crippen LogP contribution in [0.5, 0.6) is 0 Å². The lowest BCUT2D eigenvalue weighted by Gasteiger charge is -2.35. The van der Waals surface area contributed by atoms with Gasteiger partial charge in [0.05, 0.1) is 0 Å². The van der Waals surface area contributed by atoms with E-state index in [0.29, 0.717) is 36.3 Å². The van der Waals surface area contributed by atoms with Crippen molar-refractivity contribution in [1.82, 2.24) is 0 Å². The van der Waals surface area contributed by atoms with Crippen molar-refractivity contribution in [2.75, 3.05) is 19.6 Å². The molecule has 0 aliphatic rings. The van der Waals surface area contributed by atoms with Crippen LogP contribution in [0.3, 0.4) is 0 Å². The summed E-state index contributed by atoms with van der Waals surface area (Å²) in [5.74, 6) is 0. The molecule has 0 aliphatic heterocycles. The second kappa shape index (κ2) is 13.5. The van der Waals surface area contributed by atoms with E-state index in [0.717, 1.165) is 17.1 Å². The summed E-state index contributed by atoms with van der Waals surface area (Å²) >= 11 is 0. The molecule has 40 heavy (non-hydrogen) atoms. The number of hydrogen-bond acceptors (Lipinski definition) is 4. The van der Waals surface area contributed by atoms with Gasteiger partial charge in [0.25, 0.3) is 0 Å². The molecule has 0 N–H and O–H groups in total. The van der Waals surface area contributed by atoms with E-state index in [4.69, 9.17) is 0 Å². The van der Waals surface area contributed by atoms with Gasteiger partial charge in [0.1, 0.15) is 0 Å². The fourth-order valence-corrected chi connectivity index (χ4v) is 6.35. The number of rotatable bonds is 12. The molecule has 0 atom stereocenters. The van der Waals surface area contributed by atoms with Crippen LogP contribution in [0.25, 0.3) is 0 Å². The van der Waals surface area contributed by atoms with Crippen molar-refractivity contribution in [1.29, 1.82) is 0 Å². The van der Waals surface area contributed by atoms with Gasteiger partial charge in [-0.2, -0.15) is 0 Å². The zero-order chi connectivity index (χ0) is 29.7. The zero-order valence-corrected chi connectivity index (χ0v) is 27.2. The lowest BCUT2D eigenvalue weighted by atomic mass is 10.1. The van der Waals surface area contributed by atoms with Gasteiger partial charge in [0.2, 0.25) is 0 Å². The van der Waals surface area contributed by atoms with Crippen LogP contribution in [0.1, 0.15) is 83.1 Å². The van der Waals surface area contributed by atoms with Crippen molar-refractivity contribution in [3.8, 4) is 0 Å². The molecule has 0 saturated heterocycles. The van der Waals surface area contributed by atoms with Gasteiger partial charge < -0.3 is 19.6 Å². The highest BCUT2D eigenvalue weighted by Gasteiger charge is 2.20. The van der Waals surface area contributed by atoms with Crippen molar-refractivity contribution in [3.63, 3.8) is 0 Å². The molecule has 0 fully saturated rings. The van der Waals surface area contributed by atoms with E-state index in [1.165, 1.54) is 17.1 Å². The molecule has 3 aromatic carbocycles. The fraction of sp³-hybridized carbons (Fsp3) is 0.500. The van der Waals surface area contributed by atoms with Crippen LogP contribution in [-0.2, 0) is 0 Å². The van der Waals surface area contributed by atoms with Gasteiger partial charge in [-0.3, -0.25) is 0 Å². The molecule has 0 unspecified atom stereocenters. The molecule has 0 amide bonds. The molecular formula is C36H54N4. The molecule has 0 spiro atoms. The summed E-state index contributed by atoms with van der Waals surface area (Å²) in [7, 11) is 0. The maximum absolute atomic E-state index is 2.47. The largest absolute Gasteiger partial charge is 0.367 e. The summed E-state index contributed by atoms with van der Waals surface area (Å²) in [6.07, 6.45) is 0. The molecule has 0 saturated carbocycles. The van der Waals surface area contributed by atoms with Crippen LogP contribution in [0, 0.1) is 0 Å². The smallest absolute Gasteiger partial charge is 0.0463 e. The van der Waals surface area contributed by atoms with Crippen molar-refractivity contribution in [2.24, 2.45) is 0 Å². The Morgan fingerprint density at radius 3 is 0.575 bits per heavy atom. The molecule has 3 rings (SSSR count). The van der Waals surface area contributed by atoms with Crippen LogP contribution in [0.4, 0.5) is 34.1 Å². The van der Waals surface area contributed by atoms with Gasteiger partial charge in [0.15, 0.2) is 0 Å². The minimum atomic E-state index is 0.441. The van der Waals surface area contributed by atoms with E-state index in [2.05, 4.69) is 175 Å². The Balaban J connectivity index is 2.08. The third kappa shape index (κ3) is 7.13. The van der Waals surface area contributed by atoms with Crippen molar-refractivity contribution in [2.45, 2.75) is 119 Å². The standard InChI is InChI=1S/C36H54N4/c1-25(2)37(26(3)4)31-13-19-34(20-14-31)40(35-21-15-32(16-22-35)38(27(5)6)28(7)8)36-23-17-33(18-24-36)39(29(9)10)30(11)12/h13-30H,1-12H3. The Kier molecular flexibility index (Phi) is 10.6. The average molecular weight is 543 g/mol. The van der Waals surface area contributed by atoms with Crippen LogP contribution in [-0.4, -0.2) is 36.3 Å². The Morgan fingerprint density at radius 1 is 0.275 bits per heavy atom. The van der Waals surface area contributed by atoms with Gasteiger partial charge in [-0.25, -0.2) is 0 Å². The molecule has 0 bridgehead atoms. The van der Waals surface area contributed by atoms with Crippen molar-refractivity contribution >= 4 is 34.1 Å². The highest BCUT2D eigenvalue weighted by Crippen LogP contribution is 2.38. The SMILES string of the molecule is CC(C)N(c1ccc(N(c2ccc(N(C(C)C)C(C)C)cc2)c2ccc(N(C(C)C)C(C)C)cc2)cc1)C(C)C. The summed E-state index contributed by atoms with van der Waals surface area (Å²) < 4.78 is 0. The molecule has 0 heterocycles. The highest BCUT2D eigenvalue weighted by molar-refractivity contribution is 5.79. The van der Waals surface area contributed by atoms with Gasteiger partial charge in [-0.1, -0.05) is 0 Å². The third-order valence-corrected chi connectivity index (χ3v) is 7.56. The Hall–Kier alpha value is -3.14. The monoisotopic (exact) mass is 542 g/mol. The fourth-order valence-electron chi connectivity index (χ4n) is 6.35. The molecule has 0 aromatic heterocycles. The van der Waals surface area contributed by atoms with Crippen LogP contribution < -0.4 is 19.6 Å². The summed E-state index contributed by atoms with van der Waals surface area (Å²) in [6.45, 7) is 27.1. The predicted molar refractivity (Wildman–Crippen MR) is 179 cm³/mol. The molecular weight excluding hydrogens is 488 g/mol. The Labute approximate surface area is 245 Å². The minimum absolute atomic E-state index is 0.441. The number of anilines is 6. The second-order valence-corrected chi connectivity index (χ2v) is 12.7. The quantitative estimate of drug-likeness (QED) is 0.226. The van der Waals surface area contributed by atoms with Crippen molar-refractivity contribution < 1.29 is 0 Å². The molecule has 0 aliphatic carbocycles. The molecule has 0 radical (unpaired) electrons. The van der Waals surface area contributed by atoms with E-state index >= 15 is 0 Å². The maximum Gasteiger partial charge on any atom is 0.0463 e. The van der Waals surface area contributed by atoms with Gasteiger partial charge in [-0.15, -0.1) is 0 Å². The summed E-state index contributed by atoms with van der Waals surface area (Å²) in [5.41, 5.74) is 7.25. The summed E-state index contributed by atoms with van der Waals surface area (Å²) in [6, 6.07) is 29.8. The first-order chi connectivity index (χ1) is 18.8. The first-order valence-electron chi connectivity index (χ1n) is 15.3. The zero-order valence-electron chi connectivity index (χ0n) is 27.2. The van der Waals surface area contributed by atoms with Crippen molar-refractivity contribution in [3.05, 3.63) is 72.8 Å². The Morgan fingerprint density at radius 2 is 0.425 bits per heavy atom. The highest BCUT2D eigenvalue weighted by atomic mass is 15.2. The second-order valence-electron chi connectivity index (χ2n) is 12.7. The lowest BCUT2D eigenvalue weighted by molar-refractivity contribution is 0.608. The van der Waals surface area contributed by atoms with E-state index in [1.807, 2.05) is 0 Å². The number of benzene rings is 3. The predicted octanol–water partition coefficient (Wildman–Crippen LogP) is 10.0. The van der Waals surface area contributed by atoms with Gasteiger partial charge in [0, 0.05) is 70.4 Å². The molecule has 4 heteroatoms. The van der Waals surface area contributed by atoms with Gasteiger partial charge in [-0.05, 0) is 156 Å². The number of nitrogens with zero attached hydrogens (tertiary/aromatic N) is 4. The molecule has 218 valence electrons. The average Bonchev–Trinajstić information content (AvgIpc) is 2.86. The topological polar surface area (TPSA) is 13.0 Å². The van der Waals surface area contributed by atoms with E-state index in [9.17, 15) is 0 Å². The third-order valence-electron chi connectivity index (χ3n) is 7.56. The maximum atomic E-state index is 2.47. The Bertz CT molecular complexity index is 984. The lowest BCUT2D eigenvalue weighted by Crippen LogP contribution is -2.37. The minimum Gasteiger partial charge on any atom is -0.367 e. The van der Waals surface area contributed by atoms with Crippen LogP contribution in [0.15, 0.2) is 72.8 Å². The van der Waals surface area contributed by atoms with E-state index < -0.39 is 0 Å².